The van der Waals surface area contributed by atoms with E-state index in [2.05, 4.69) is 16.5 Å². The van der Waals surface area contributed by atoms with Crippen LogP contribution in [0.4, 0.5) is 0 Å². The van der Waals surface area contributed by atoms with Gasteiger partial charge in [0, 0.05) is 18.9 Å². The highest BCUT2D eigenvalue weighted by Gasteiger charge is 1.91. The zero-order valence-corrected chi connectivity index (χ0v) is 10.5. The molecule has 0 aliphatic heterocycles. The third-order valence-corrected chi connectivity index (χ3v) is 2.58. The van der Waals surface area contributed by atoms with Crippen LogP contribution in [0, 0.1) is 0 Å². The van der Waals surface area contributed by atoms with E-state index in [1.54, 1.807) is 0 Å². The first-order valence-corrected chi connectivity index (χ1v) is 5.89. The quantitative estimate of drug-likeness (QED) is 0.616. The lowest BCUT2D eigenvalue weighted by atomic mass is 10.1. The Labute approximate surface area is 99.5 Å². The standard InChI is InChI=1S/C12H22N2.ClH/c1-2-3-4-5-6-7-8-10-14-11-9-13-12-14;/h9,11-12H,2-8,10H2,1H3;1H. The Morgan fingerprint density at radius 2 is 1.67 bits per heavy atom. The van der Waals surface area contributed by atoms with E-state index in [1.165, 1.54) is 44.9 Å². The Bertz CT molecular complexity index is 209. The zero-order valence-electron chi connectivity index (χ0n) is 9.69. The number of aromatic nitrogens is 2. The monoisotopic (exact) mass is 230 g/mol. The Kier molecular flexibility index (Phi) is 9.70. The molecule has 1 rings (SSSR count). The second-order valence-corrected chi connectivity index (χ2v) is 3.92. The van der Waals surface area contributed by atoms with E-state index in [-0.39, 0.29) is 12.4 Å². The molecule has 0 saturated carbocycles. The predicted molar refractivity (Wildman–Crippen MR) is 67.5 cm³/mol. The lowest BCUT2D eigenvalue weighted by Crippen LogP contribution is -1.93. The van der Waals surface area contributed by atoms with Gasteiger partial charge in [-0.1, -0.05) is 45.4 Å². The van der Waals surface area contributed by atoms with Crippen LogP contribution in [0.2, 0.25) is 0 Å². The van der Waals surface area contributed by atoms with Gasteiger partial charge >= 0.3 is 0 Å². The number of nitrogens with zero attached hydrogens (tertiary/aromatic N) is 2. The molecular formula is C12H23ClN2. The van der Waals surface area contributed by atoms with Crippen LogP contribution in [0.5, 0.6) is 0 Å². The van der Waals surface area contributed by atoms with Crippen LogP contribution < -0.4 is 0 Å². The molecule has 0 amide bonds. The van der Waals surface area contributed by atoms with Gasteiger partial charge in [-0.05, 0) is 6.42 Å². The van der Waals surface area contributed by atoms with E-state index in [9.17, 15) is 0 Å². The number of imidazole rings is 1. The van der Waals surface area contributed by atoms with Gasteiger partial charge in [-0.2, -0.15) is 0 Å². The molecule has 0 fully saturated rings. The molecule has 0 N–H and O–H groups in total. The molecule has 0 spiro atoms. The maximum Gasteiger partial charge on any atom is 0.0945 e. The van der Waals surface area contributed by atoms with Crippen molar-refractivity contribution in [1.29, 1.82) is 0 Å². The first-order chi connectivity index (χ1) is 6.93. The van der Waals surface area contributed by atoms with Crippen LogP contribution in [0.1, 0.15) is 51.9 Å². The molecule has 0 aromatic carbocycles. The number of rotatable bonds is 8. The lowest BCUT2D eigenvalue weighted by Gasteiger charge is -2.02. The van der Waals surface area contributed by atoms with E-state index < -0.39 is 0 Å². The molecule has 88 valence electrons. The molecule has 2 nitrogen and oxygen atoms in total. The van der Waals surface area contributed by atoms with E-state index in [4.69, 9.17) is 0 Å². The predicted octanol–water partition coefficient (Wildman–Crippen LogP) is 4.06. The molecule has 1 aromatic heterocycles. The summed E-state index contributed by atoms with van der Waals surface area (Å²) < 4.78 is 2.16. The highest BCUT2D eigenvalue weighted by molar-refractivity contribution is 5.85. The molecular weight excluding hydrogens is 208 g/mol. The van der Waals surface area contributed by atoms with E-state index in [0.29, 0.717) is 0 Å². The topological polar surface area (TPSA) is 17.8 Å². The van der Waals surface area contributed by atoms with Crippen molar-refractivity contribution < 1.29 is 0 Å². The summed E-state index contributed by atoms with van der Waals surface area (Å²) in [6, 6.07) is 0. The lowest BCUT2D eigenvalue weighted by molar-refractivity contribution is 0.550. The van der Waals surface area contributed by atoms with Crippen molar-refractivity contribution >= 4 is 12.4 Å². The summed E-state index contributed by atoms with van der Waals surface area (Å²) in [5.74, 6) is 0. The molecule has 3 heteroatoms. The first-order valence-electron chi connectivity index (χ1n) is 5.89. The van der Waals surface area contributed by atoms with Crippen molar-refractivity contribution in [2.75, 3.05) is 0 Å². The molecule has 0 aliphatic rings. The van der Waals surface area contributed by atoms with E-state index >= 15 is 0 Å². The minimum Gasteiger partial charge on any atom is -0.337 e. The molecule has 0 radical (unpaired) electrons. The highest BCUT2D eigenvalue weighted by Crippen LogP contribution is 2.07. The smallest absolute Gasteiger partial charge is 0.0945 e. The van der Waals surface area contributed by atoms with E-state index in [0.717, 1.165) is 6.54 Å². The van der Waals surface area contributed by atoms with Gasteiger partial charge in [0.05, 0.1) is 6.33 Å². The van der Waals surface area contributed by atoms with Crippen molar-refractivity contribution in [3.05, 3.63) is 18.7 Å². The second kappa shape index (κ2) is 10.0. The minimum absolute atomic E-state index is 0. The van der Waals surface area contributed by atoms with Crippen LogP contribution in [0.3, 0.4) is 0 Å². The summed E-state index contributed by atoms with van der Waals surface area (Å²) in [5.41, 5.74) is 0. The molecule has 15 heavy (non-hydrogen) atoms. The first kappa shape index (κ1) is 14.5. The van der Waals surface area contributed by atoms with Crippen LogP contribution in [0.25, 0.3) is 0 Å². The number of halogens is 1. The SMILES string of the molecule is CCCCCCCCCn1ccnc1.Cl. The zero-order chi connectivity index (χ0) is 10.1. The van der Waals surface area contributed by atoms with Gasteiger partial charge in [0.25, 0.3) is 0 Å². The average molecular weight is 231 g/mol. The molecule has 1 aromatic rings. The fourth-order valence-corrected chi connectivity index (χ4v) is 1.67. The number of aryl methyl sites for hydroxylation is 1. The van der Waals surface area contributed by atoms with Crippen molar-refractivity contribution in [3.63, 3.8) is 0 Å². The van der Waals surface area contributed by atoms with Crippen LogP contribution >= 0.6 is 12.4 Å². The third-order valence-electron chi connectivity index (χ3n) is 2.58. The second-order valence-electron chi connectivity index (χ2n) is 3.92. The van der Waals surface area contributed by atoms with Gasteiger partial charge in [0.1, 0.15) is 0 Å². The Morgan fingerprint density at radius 3 is 2.27 bits per heavy atom. The normalized spacial score (nSPS) is 9.93. The van der Waals surface area contributed by atoms with Crippen molar-refractivity contribution in [1.82, 2.24) is 9.55 Å². The summed E-state index contributed by atoms with van der Waals surface area (Å²) in [6.45, 7) is 3.40. The number of unbranched alkanes of at least 4 members (excludes halogenated alkanes) is 6. The van der Waals surface area contributed by atoms with Crippen molar-refractivity contribution in [3.8, 4) is 0 Å². The van der Waals surface area contributed by atoms with Crippen LogP contribution in [-0.2, 0) is 6.54 Å². The summed E-state index contributed by atoms with van der Waals surface area (Å²) in [7, 11) is 0. The van der Waals surface area contributed by atoms with Gasteiger partial charge in [0.15, 0.2) is 0 Å². The number of hydrogen-bond donors (Lipinski definition) is 0. The van der Waals surface area contributed by atoms with Crippen molar-refractivity contribution in [2.24, 2.45) is 0 Å². The molecule has 0 bridgehead atoms. The Morgan fingerprint density at radius 1 is 1.00 bits per heavy atom. The summed E-state index contributed by atoms with van der Waals surface area (Å²) in [4.78, 5) is 4.02. The fourth-order valence-electron chi connectivity index (χ4n) is 1.67. The van der Waals surface area contributed by atoms with Crippen molar-refractivity contribution in [2.45, 2.75) is 58.4 Å². The molecule has 0 atom stereocenters. The molecule has 0 saturated heterocycles. The summed E-state index contributed by atoms with van der Waals surface area (Å²) in [5, 5.41) is 0. The van der Waals surface area contributed by atoms with Crippen LogP contribution in [0.15, 0.2) is 18.7 Å². The minimum atomic E-state index is 0. The van der Waals surface area contributed by atoms with Gasteiger partial charge < -0.3 is 4.57 Å². The maximum absolute atomic E-state index is 4.02. The van der Waals surface area contributed by atoms with Gasteiger partial charge in [-0.25, -0.2) is 4.98 Å². The van der Waals surface area contributed by atoms with Crippen LogP contribution in [-0.4, -0.2) is 9.55 Å². The number of hydrogen-bond acceptors (Lipinski definition) is 1. The summed E-state index contributed by atoms with van der Waals surface area (Å²) in [6.07, 6.45) is 15.4. The van der Waals surface area contributed by atoms with Gasteiger partial charge in [-0.3, -0.25) is 0 Å². The van der Waals surface area contributed by atoms with Gasteiger partial charge in [0.2, 0.25) is 0 Å². The molecule has 0 unspecified atom stereocenters. The summed E-state index contributed by atoms with van der Waals surface area (Å²) >= 11 is 0. The Balaban J connectivity index is 0.00000196. The maximum atomic E-state index is 4.02. The van der Waals surface area contributed by atoms with E-state index in [1.807, 2.05) is 18.7 Å². The fraction of sp³-hybridized carbons (Fsp3) is 0.750. The third kappa shape index (κ3) is 7.43. The molecule has 1 heterocycles. The highest BCUT2D eigenvalue weighted by atomic mass is 35.5. The Hall–Kier alpha value is -0.500. The molecule has 0 aliphatic carbocycles. The average Bonchev–Trinajstić information content (AvgIpc) is 2.69. The van der Waals surface area contributed by atoms with Gasteiger partial charge in [-0.15, -0.1) is 12.4 Å². The largest absolute Gasteiger partial charge is 0.337 e.